The molecule has 2 N–H and O–H groups in total. The molecule has 2 aromatic carbocycles. The van der Waals surface area contributed by atoms with Gasteiger partial charge in [-0.25, -0.2) is 5.43 Å². The van der Waals surface area contributed by atoms with Gasteiger partial charge in [-0.2, -0.15) is 10.2 Å². The fourth-order valence-corrected chi connectivity index (χ4v) is 2.68. The number of rotatable bonds is 8. The van der Waals surface area contributed by atoms with E-state index in [2.05, 4.69) is 20.7 Å². The zero-order valence-electron chi connectivity index (χ0n) is 16.4. The van der Waals surface area contributed by atoms with Crippen LogP contribution < -0.4 is 19.6 Å². The lowest BCUT2D eigenvalue weighted by molar-refractivity contribution is 0.0950. The van der Waals surface area contributed by atoms with E-state index in [9.17, 15) is 4.79 Å². The van der Waals surface area contributed by atoms with E-state index < -0.39 is 5.91 Å². The number of hydrogen-bond donors (Lipinski definition) is 2. The number of hydrazone groups is 1. The molecule has 0 atom stereocenters. The summed E-state index contributed by atoms with van der Waals surface area (Å²) in [4.78, 5) is 12.3. The van der Waals surface area contributed by atoms with Crippen LogP contribution in [0.25, 0.3) is 11.3 Å². The lowest BCUT2D eigenvalue weighted by Gasteiger charge is -2.08. The van der Waals surface area contributed by atoms with E-state index in [1.54, 1.807) is 32.4 Å². The van der Waals surface area contributed by atoms with Crippen LogP contribution in [-0.2, 0) is 0 Å². The summed E-state index contributed by atoms with van der Waals surface area (Å²) in [5.41, 5.74) is 4.92. The van der Waals surface area contributed by atoms with Crippen LogP contribution in [0.2, 0.25) is 0 Å². The van der Waals surface area contributed by atoms with E-state index in [1.807, 2.05) is 37.3 Å². The van der Waals surface area contributed by atoms with Gasteiger partial charge in [0.15, 0.2) is 11.5 Å². The number of benzene rings is 2. The van der Waals surface area contributed by atoms with Gasteiger partial charge in [0.2, 0.25) is 0 Å². The molecule has 8 nitrogen and oxygen atoms in total. The van der Waals surface area contributed by atoms with Crippen LogP contribution in [0.15, 0.2) is 53.6 Å². The summed E-state index contributed by atoms with van der Waals surface area (Å²) in [5.74, 6) is 1.49. The molecule has 0 radical (unpaired) electrons. The van der Waals surface area contributed by atoms with Crippen LogP contribution in [0.5, 0.6) is 17.2 Å². The zero-order chi connectivity index (χ0) is 20.6. The molecule has 0 fully saturated rings. The van der Waals surface area contributed by atoms with Gasteiger partial charge in [-0.15, -0.1) is 0 Å². The predicted molar refractivity (Wildman–Crippen MR) is 110 cm³/mol. The van der Waals surface area contributed by atoms with Crippen molar-refractivity contribution < 1.29 is 19.0 Å². The van der Waals surface area contributed by atoms with Crippen molar-refractivity contribution in [3.05, 3.63) is 59.8 Å². The molecule has 0 bridgehead atoms. The monoisotopic (exact) mass is 394 g/mol. The number of aromatic nitrogens is 2. The Bertz CT molecular complexity index is 1010. The van der Waals surface area contributed by atoms with Crippen LogP contribution in [0, 0.1) is 0 Å². The Morgan fingerprint density at radius 1 is 1.10 bits per heavy atom. The first kappa shape index (κ1) is 19.9. The Kier molecular flexibility index (Phi) is 6.47. The number of H-pyrrole nitrogens is 1. The Balaban J connectivity index is 1.70. The first-order chi connectivity index (χ1) is 14.2. The van der Waals surface area contributed by atoms with Crippen LogP contribution in [-0.4, -0.2) is 43.1 Å². The molecule has 0 aliphatic heterocycles. The molecule has 1 amide bonds. The molecule has 0 aliphatic carbocycles. The van der Waals surface area contributed by atoms with Crippen molar-refractivity contribution in [2.24, 2.45) is 5.10 Å². The molecule has 0 unspecified atom stereocenters. The zero-order valence-corrected chi connectivity index (χ0v) is 16.4. The quantitative estimate of drug-likeness (QED) is 0.451. The summed E-state index contributed by atoms with van der Waals surface area (Å²) in [6.45, 7) is 2.45. The number of methoxy groups -OCH3 is 2. The van der Waals surface area contributed by atoms with Crippen molar-refractivity contribution in [2.45, 2.75) is 6.92 Å². The standard InChI is InChI=1S/C21H22N4O4/c1-4-29-18-8-6-5-7-15(18)13-22-25-21(26)17-12-16(23-24-17)14-9-10-19(27-2)20(11-14)28-3/h5-13H,4H2,1-3H3,(H,23,24)(H,25,26). The van der Waals surface area contributed by atoms with Gasteiger partial charge in [0.1, 0.15) is 11.4 Å². The van der Waals surface area contributed by atoms with Gasteiger partial charge in [0.05, 0.1) is 32.7 Å². The maximum absolute atomic E-state index is 12.3. The highest BCUT2D eigenvalue weighted by Gasteiger charge is 2.12. The van der Waals surface area contributed by atoms with Crippen molar-refractivity contribution in [1.82, 2.24) is 15.6 Å². The number of carbonyl (C=O) groups is 1. The van der Waals surface area contributed by atoms with Crippen molar-refractivity contribution >= 4 is 12.1 Å². The summed E-state index contributed by atoms with van der Waals surface area (Å²) < 4.78 is 16.1. The summed E-state index contributed by atoms with van der Waals surface area (Å²) in [6.07, 6.45) is 1.54. The maximum Gasteiger partial charge on any atom is 0.289 e. The molecule has 0 aliphatic rings. The number of nitrogens with zero attached hydrogens (tertiary/aromatic N) is 2. The van der Waals surface area contributed by atoms with Gasteiger partial charge in [-0.05, 0) is 43.3 Å². The van der Waals surface area contributed by atoms with Crippen LogP contribution in [0.1, 0.15) is 23.0 Å². The minimum absolute atomic E-state index is 0.282. The first-order valence-electron chi connectivity index (χ1n) is 8.99. The van der Waals surface area contributed by atoms with Crippen molar-refractivity contribution in [3.63, 3.8) is 0 Å². The molecule has 3 rings (SSSR count). The number of ether oxygens (including phenoxy) is 3. The molecule has 1 aromatic heterocycles. The highest BCUT2D eigenvalue weighted by Crippen LogP contribution is 2.31. The number of amides is 1. The molecular formula is C21H22N4O4. The Morgan fingerprint density at radius 3 is 2.66 bits per heavy atom. The molecule has 0 spiro atoms. The lowest BCUT2D eigenvalue weighted by atomic mass is 10.1. The molecular weight excluding hydrogens is 372 g/mol. The third-order valence-corrected chi connectivity index (χ3v) is 4.09. The highest BCUT2D eigenvalue weighted by molar-refractivity contribution is 5.94. The topological polar surface area (TPSA) is 97.8 Å². The number of nitrogens with one attached hydrogen (secondary N) is 2. The average molecular weight is 394 g/mol. The SMILES string of the molecule is CCOc1ccccc1C=NNC(=O)c1cc(-c2ccc(OC)c(OC)c2)n[nH]1. The smallest absolute Gasteiger partial charge is 0.289 e. The van der Waals surface area contributed by atoms with E-state index in [1.165, 1.54) is 6.21 Å². The molecule has 1 heterocycles. The van der Waals surface area contributed by atoms with Crippen LogP contribution in [0.3, 0.4) is 0 Å². The van der Waals surface area contributed by atoms with Crippen molar-refractivity contribution in [1.29, 1.82) is 0 Å². The van der Waals surface area contributed by atoms with Gasteiger partial charge in [0, 0.05) is 11.1 Å². The second-order valence-electron chi connectivity index (χ2n) is 5.91. The molecule has 0 saturated carbocycles. The molecule has 0 saturated heterocycles. The van der Waals surface area contributed by atoms with Gasteiger partial charge in [0.25, 0.3) is 5.91 Å². The van der Waals surface area contributed by atoms with Gasteiger partial charge in [-0.3, -0.25) is 9.89 Å². The van der Waals surface area contributed by atoms with E-state index in [-0.39, 0.29) is 5.69 Å². The minimum atomic E-state index is -0.408. The van der Waals surface area contributed by atoms with Gasteiger partial charge in [-0.1, -0.05) is 12.1 Å². The van der Waals surface area contributed by atoms with E-state index in [0.29, 0.717) is 29.5 Å². The number of para-hydroxylation sites is 1. The highest BCUT2D eigenvalue weighted by atomic mass is 16.5. The van der Waals surface area contributed by atoms with Crippen molar-refractivity contribution in [3.8, 4) is 28.5 Å². The summed E-state index contributed by atoms with van der Waals surface area (Å²) >= 11 is 0. The first-order valence-corrected chi connectivity index (χ1v) is 8.99. The molecule has 150 valence electrons. The molecule has 8 heteroatoms. The molecule has 29 heavy (non-hydrogen) atoms. The fourth-order valence-electron chi connectivity index (χ4n) is 2.68. The molecule has 3 aromatic rings. The minimum Gasteiger partial charge on any atom is -0.493 e. The van der Waals surface area contributed by atoms with E-state index in [4.69, 9.17) is 14.2 Å². The van der Waals surface area contributed by atoms with Crippen LogP contribution in [0.4, 0.5) is 0 Å². The fraction of sp³-hybridized carbons (Fsp3) is 0.190. The normalized spacial score (nSPS) is 10.7. The largest absolute Gasteiger partial charge is 0.493 e. The van der Waals surface area contributed by atoms with Gasteiger partial charge < -0.3 is 14.2 Å². The predicted octanol–water partition coefficient (Wildman–Crippen LogP) is 3.26. The Labute approximate surface area is 168 Å². The number of carbonyl (C=O) groups excluding carboxylic acids is 1. The lowest BCUT2D eigenvalue weighted by Crippen LogP contribution is -2.18. The second-order valence-corrected chi connectivity index (χ2v) is 5.91. The number of aromatic amines is 1. The number of hydrogen-bond acceptors (Lipinski definition) is 6. The summed E-state index contributed by atoms with van der Waals surface area (Å²) in [5, 5.41) is 10.9. The maximum atomic E-state index is 12.3. The van der Waals surface area contributed by atoms with E-state index >= 15 is 0 Å². The summed E-state index contributed by atoms with van der Waals surface area (Å²) in [6, 6.07) is 14.5. The second kappa shape index (κ2) is 9.41. The Morgan fingerprint density at radius 2 is 1.90 bits per heavy atom. The third kappa shape index (κ3) is 4.73. The average Bonchev–Trinajstić information content (AvgIpc) is 3.25. The Hall–Kier alpha value is -3.81. The van der Waals surface area contributed by atoms with Crippen LogP contribution >= 0.6 is 0 Å². The summed E-state index contributed by atoms with van der Waals surface area (Å²) in [7, 11) is 3.13. The van der Waals surface area contributed by atoms with Gasteiger partial charge >= 0.3 is 0 Å². The van der Waals surface area contributed by atoms with E-state index in [0.717, 1.165) is 11.1 Å². The third-order valence-electron chi connectivity index (χ3n) is 4.09. The van der Waals surface area contributed by atoms with Crippen molar-refractivity contribution in [2.75, 3.05) is 20.8 Å².